The Bertz CT molecular complexity index is 466. The van der Waals surface area contributed by atoms with E-state index in [1.165, 1.54) is 17.8 Å². The number of carbonyl (C=O) groups excluding carboxylic acids is 1. The molecule has 0 aliphatic heterocycles. The van der Waals surface area contributed by atoms with Crippen molar-refractivity contribution in [3.63, 3.8) is 0 Å². The third kappa shape index (κ3) is 3.56. The third-order valence-electron chi connectivity index (χ3n) is 3.88. The summed E-state index contributed by atoms with van der Waals surface area (Å²) < 4.78 is 0. The molecule has 1 heterocycles. The molecule has 0 aromatic carbocycles. The molecule has 1 atom stereocenters. The van der Waals surface area contributed by atoms with Crippen LogP contribution in [0.15, 0.2) is 6.20 Å². The number of nitrogens with zero attached hydrogens (tertiary/aromatic N) is 1. The minimum atomic E-state index is -0.0600. The lowest BCUT2D eigenvalue weighted by molar-refractivity contribution is 0.0907. The van der Waals surface area contributed by atoms with Crippen molar-refractivity contribution in [1.82, 2.24) is 10.3 Å². The summed E-state index contributed by atoms with van der Waals surface area (Å²) in [5.74, 6) is 0.0417. The van der Waals surface area contributed by atoms with Crippen LogP contribution in [0.4, 0.5) is 0 Å². The molecule has 0 radical (unpaired) electrons. The van der Waals surface area contributed by atoms with Gasteiger partial charge < -0.3 is 5.32 Å². The fourth-order valence-electron chi connectivity index (χ4n) is 3.03. The fourth-order valence-corrected chi connectivity index (χ4v) is 3.95. The topological polar surface area (TPSA) is 42.0 Å². The van der Waals surface area contributed by atoms with Crippen LogP contribution in [0.5, 0.6) is 0 Å². The Hall–Kier alpha value is -0.900. The first kappa shape index (κ1) is 14.5. The molecule has 0 bridgehead atoms. The lowest BCUT2D eigenvalue weighted by atomic mass is 9.88. The number of thiazole rings is 1. The lowest BCUT2D eigenvalue weighted by Crippen LogP contribution is -2.44. The Morgan fingerprint density at radius 1 is 1.42 bits per heavy atom. The van der Waals surface area contributed by atoms with Gasteiger partial charge in [0.2, 0.25) is 0 Å². The van der Waals surface area contributed by atoms with Crippen LogP contribution in [0.2, 0.25) is 0 Å². The van der Waals surface area contributed by atoms with Crippen molar-refractivity contribution in [2.24, 2.45) is 5.41 Å². The molecular formula is C15H24N2OS. The van der Waals surface area contributed by atoms with Crippen LogP contribution in [0.3, 0.4) is 0 Å². The summed E-state index contributed by atoms with van der Waals surface area (Å²) in [6.45, 7) is 8.84. The number of rotatable bonds is 4. The first-order valence-electron chi connectivity index (χ1n) is 7.11. The van der Waals surface area contributed by atoms with E-state index in [0.717, 1.165) is 35.6 Å². The first-order chi connectivity index (χ1) is 8.84. The maximum atomic E-state index is 12.3. The largest absolute Gasteiger partial charge is 0.346 e. The summed E-state index contributed by atoms with van der Waals surface area (Å²) in [6, 6.07) is 0. The molecule has 106 valence electrons. The fraction of sp³-hybridized carbons (Fsp3) is 0.733. The Morgan fingerprint density at radius 3 is 2.74 bits per heavy atom. The quantitative estimate of drug-likeness (QED) is 0.911. The van der Waals surface area contributed by atoms with Crippen LogP contribution in [0, 0.1) is 5.41 Å². The molecule has 1 amide bonds. The molecule has 1 aromatic rings. The highest BCUT2D eigenvalue weighted by Gasteiger charge is 2.40. The van der Waals surface area contributed by atoms with E-state index in [1.54, 1.807) is 6.20 Å². The van der Waals surface area contributed by atoms with E-state index >= 15 is 0 Å². The summed E-state index contributed by atoms with van der Waals surface area (Å²) in [5, 5.41) is 4.27. The van der Waals surface area contributed by atoms with Gasteiger partial charge >= 0.3 is 0 Å². The second-order valence-electron chi connectivity index (χ2n) is 6.72. The molecule has 1 aromatic heterocycles. The standard InChI is InChI=1S/C15H24N2OS/c1-5-6-12-16-9-11(19-12)13(18)17-15(4)8-7-14(2,3)10-15/h9H,5-8,10H2,1-4H3,(H,17,18). The summed E-state index contributed by atoms with van der Waals surface area (Å²) in [7, 11) is 0. The number of nitrogens with one attached hydrogen (secondary N) is 1. The zero-order valence-electron chi connectivity index (χ0n) is 12.4. The van der Waals surface area contributed by atoms with Gasteiger partial charge in [-0.2, -0.15) is 0 Å². The maximum Gasteiger partial charge on any atom is 0.263 e. The SMILES string of the molecule is CCCc1ncc(C(=O)NC2(C)CCC(C)(C)C2)s1. The van der Waals surface area contributed by atoms with Gasteiger partial charge in [0.15, 0.2) is 0 Å². The van der Waals surface area contributed by atoms with Gasteiger partial charge in [0.25, 0.3) is 5.91 Å². The number of aryl methyl sites for hydroxylation is 1. The van der Waals surface area contributed by atoms with E-state index in [0.29, 0.717) is 5.41 Å². The number of hydrogen-bond donors (Lipinski definition) is 1. The molecule has 4 heteroatoms. The van der Waals surface area contributed by atoms with Gasteiger partial charge in [-0.25, -0.2) is 4.98 Å². The van der Waals surface area contributed by atoms with Crippen LogP contribution < -0.4 is 5.32 Å². The highest BCUT2D eigenvalue weighted by atomic mass is 32.1. The first-order valence-corrected chi connectivity index (χ1v) is 7.92. The predicted octanol–water partition coefficient (Wildman–Crippen LogP) is 3.79. The van der Waals surface area contributed by atoms with Crippen LogP contribution in [-0.2, 0) is 6.42 Å². The van der Waals surface area contributed by atoms with Gasteiger partial charge in [0.1, 0.15) is 4.88 Å². The minimum Gasteiger partial charge on any atom is -0.346 e. The summed E-state index contributed by atoms with van der Waals surface area (Å²) in [4.78, 5) is 17.3. The maximum absolute atomic E-state index is 12.3. The molecule has 1 fully saturated rings. The van der Waals surface area contributed by atoms with Gasteiger partial charge in [-0.1, -0.05) is 20.8 Å². The zero-order valence-corrected chi connectivity index (χ0v) is 13.2. The van der Waals surface area contributed by atoms with Crippen molar-refractivity contribution >= 4 is 17.2 Å². The highest BCUT2D eigenvalue weighted by Crippen LogP contribution is 2.43. The Balaban J connectivity index is 2.00. The van der Waals surface area contributed by atoms with Crippen molar-refractivity contribution < 1.29 is 4.79 Å². The van der Waals surface area contributed by atoms with E-state index in [4.69, 9.17) is 0 Å². The number of amides is 1. The number of carbonyl (C=O) groups is 1. The molecule has 3 nitrogen and oxygen atoms in total. The van der Waals surface area contributed by atoms with Gasteiger partial charge in [-0.05, 0) is 44.4 Å². The second-order valence-corrected chi connectivity index (χ2v) is 7.84. The van der Waals surface area contributed by atoms with Gasteiger partial charge in [-0.15, -0.1) is 11.3 Å². The Kier molecular flexibility index (Phi) is 4.00. The minimum absolute atomic E-state index is 0.0417. The molecule has 2 rings (SSSR count). The van der Waals surface area contributed by atoms with E-state index in [-0.39, 0.29) is 11.4 Å². The van der Waals surface area contributed by atoms with Gasteiger partial charge in [-0.3, -0.25) is 4.79 Å². The molecular weight excluding hydrogens is 256 g/mol. The summed E-state index contributed by atoms with van der Waals surface area (Å²) >= 11 is 1.52. The van der Waals surface area contributed by atoms with Crippen LogP contribution in [0.25, 0.3) is 0 Å². The van der Waals surface area contributed by atoms with Crippen molar-refractivity contribution in [3.8, 4) is 0 Å². The number of aromatic nitrogens is 1. The van der Waals surface area contributed by atoms with Crippen molar-refractivity contribution in [3.05, 3.63) is 16.1 Å². The predicted molar refractivity (Wildman–Crippen MR) is 79.6 cm³/mol. The van der Waals surface area contributed by atoms with Crippen LogP contribution in [0.1, 0.15) is 68.1 Å². The van der Waals surface area contributed by atoms with Crippen LogP contribution in [-0.4, -0.2) is 16.4 Å². The smallest absolute Gasteiger partial charge is 0.263 e. The Labute approximate surface area is 119 Å². The summed E-state index contributed by atoms with van der Waals surface area (Å²) in [5.41, 5.74) is 0.276. The Morgan fingerprint density at radius 2 is 2.16 bits per heavy atom. The molecule has 19 heavy (non-hydrogen) atoms. The van der Waals surface area contributed by atoms with Crippen molar-refractivity contribution in [2.75, 3.05) is 0 Å². The second kappa shape index (κ2) is 5.23. The van der Waals surface area contributed by atoms with E-state index in [2.05, 4.69) is 38.0 Å². The highest BCUT2D eigenvalue weighted by molar-refractivity contribution is 7.13. The molecule has 1 aliphatic carbocycles. The average Bonchev–Trinajstić information content (AvgIpc) is 2.84. The molecule has 1 unspecified atom stereocenters. The molecule has 1 aliphatic rings. The van der Waals surface area contributed by atoms with Crippen molar-refractivity contribution in [2.45, 2.75) is 65.3 Å². The van der Waals surface area contributed by atoms with E-state index in [9.17, 15) is 4.79 Å². The number of hydrogen-bond acceptors (Lipinski definition) is 3. The van der Waals surface area contributed by atoms with Crippen LogP contribution >= 0.6 is 11.3 Å². The van der Waals surface area contributed by atoms with Crippen molar-refractivity contribution in [1.29, 1.82) is 0 Å². The summed E-state index contributed by atoms with van der Waals surface area (Å²) in [6.07, 6.45) is 7.03. The van der Waals surface area contributed by atoms with E-state index < -0.39 is 0 Å². The monoisotopic (exact) mass is 280 g/mol. The molecule has 1 saturated carbocycles. The molecule has 1 N–H and O–H groups in total. The van der Waals surface area contributed by atoms with Gasteiger partial charge in [0.05, 0.1) is 11.2 Å². The third-order valence-corrected chi connectivity index (χ3v) is 4.93. The normalized spacial score (nSPS) is 25.5. The van der Waals surface area contributed by atoms with Gasteiger partial charge in [0, 0.05) is 5.54 Å². The zero-order chi connectivity index (χ0) is 14.1. The lowest BCUT2D eigenvalue weighted by Gasteiger charge is -2.27. The van der Waals surface area contributed by atoms with E-state index in [1.807, 2.05) is 0 Å². The average molecular weight is 280 g/mol. The molecule has 0 spiro atoms. The molecule has 0 saturated heterocycles.